The largest absolute Gasteiger partial charge is 0.507 e. The normalized spacial score (nSPS) is 9.81. The molecule has 0 fully saturated rings. The van der Waals surface area contributed by atoms with Crippen LogP contribution in [0.1, 0.15) is 10.4 Å². The first-order chi connectivity index (χ1) is 6.32. The fourth-order valence-electron chi connectivity index (χ4n) is 0.847. The summed E-state index contributed by atoms with van der Waals surface area (Å²) in [6, 6.07) is 2.46. The molecule has 78 valence electrons. The molecule has 0 aliphatic heterocycles. The molecule has 0 heterocycles. The number of aromatic hydroxyl groups is 1. The summed E-state index contributed by atoms with van der Waals surface area (Å²) in [7, 11) is -4.45. The Hall–Kier alpha value is 0.400. The molecule has 0 aliphatic rings. The van der Waals surface area contributed by atoms with Gasteiger partial charge in [-0.05, 0) is 18.2 Å². The van der Waals surface area contributed by atoms with Crippen molar-refractivity contribution in [2.45, 2.75) is 4.90 Å². The summed E-state index contributed by atoms with van der Waals surface area (Å²) < 4.78 is 29.8. The van der Waals surface area contributed by atoms with Gasteiger partial charge in [0.2, 0.25) is 0 Å². The van der Waals surface area contributed by atoms with Crippen molar-refractivity contribution >= 4 is 75.2 Å². The molecule has 1 aromatic carbocycles. The number of benzene rings is 1. The number of carbonyl (C=O) groups is 1. The van der Waals surface area contributed by atoms with Crippen LogP contribution >= 0.6 is 0 Å². The number of rotatable bonds is 2. The molecule has 0 bridgehead atoms. The van der Waals surface area contributed by atoms with E-state index in [2.05, 4.69) is 0 Å². The third-order valence-electron chi connectivity index (χ3n) is 1.50. The van der Waals surface area contributed by atoms with E-state index in [1.807, 2.05) is 0 Å². The molecule has 0 spiro atoms. The van der Waals surface area contributed by atoms with Crippen molar-refractivity contribution in [3.8, 4) is 5.75 Å². The molecule has 16 heavy (non-hydrogen) atoms. The Morgan fingerprint density at radius 1 is 1.19 bits per heavy atom. The van der Waals surface area contributed by atoms with Crippen LogP contribution in [-0.4, -0.2) is 88.3 Å². The van der Waals surface area contributed by atoms with E-state index in [1.54, 1.807) is 0 Å². The number of hydrogen-bond acceptors (Lipinski definition) is 4. The molecular formula is C7H6Na2O6S. The average Bonchev–Trinajstić information content (AvgIpc) is 2.02. The van der Waals surface area contributed by atoms with Gasteiger partial charge in [-0.15, -0.1) is 0 Å². The molecule has 0 aromatic heterocycles. The SMILES string of the molecule is O=C(O)c1cc(S(=O)(=O)O)ccc1O.[Na].[Na]. The van der Waals surface area contributed by atoms with Gasteiger partial charge in [-0.2, -0.15) is 8.42 Å². The molecular weight excluding hydrogens is 258 g/mol. The van der Waals surface area contributed by atoms with Gasteiger partial charge in [0.25, 0.3) is 10.1 Å². The third-order valence-corrected chi connectivity index (χ3v) is 2.35. The van der Waals surface area contributed by atoms with Gasteiger partial charge >= 0.3 is 5.97 Å². The van der Waals surface area contributed by atoms with Crippen LogP contribution in [-0.2, 0) is 10.1 Å². The molecule has 1 aromatic rings. The van der Waals surface area contributed by atoms with Crippen LogP contribution in [0.2, 0.25) is 0 Å². The Balaban J connectivity index is 0. The average molecular weight is 264 g/mol. The minimum atomic E-state index is -4.45. The van der Waals surface area contributed by atoms with E-state index in [4.69, 9.17) is 14.8 Å². The van der Waals surface area contributed by atoms with E-state index in [9.17, 15) is 13.2 Å². The quantitative estimate of drug-likeness (QED) is 0.494. The Bertz CT molecular complexity index is 484. The fourth-order valence-corrected chi connectivity index (χ4v) is 1.35. The van der Waals surface area contributed by atoms with Gasteiger partial charge in [0.05, 0.1) is 4.90 Å². The Morgan fingerprint density at radius 2 is 1.69 bits per heavy atom. The van der Waals surface area contributed by atoms with Gasteiger partial charge in [0.15, 0.2) is 0 Å². The van der Waals surface area contributed by atoms with Crippen molar-refractivity contribution in [3.05, 3.63) is 23.8 Å². The van der Waals surface area contributed by atoms with E-state index in [0.717, 1.165) is 12.1 Å². The maximum Gasteiger partial charge on any atom is 0.339 e. The van der Waals surface area contributed by atoms with E-state index >= 15 is 0 Å². The van der Waals surface area contributed by atoms with Crippen molar-refractivity contribution in [3.63, 3.8) is 0 Å². The molecule has 0 saturated carbocycles. The molecule has 0 unspecified atom stereocenters. The molecule has 0 aliphatic carbocycles. The van der Waals surface area contributed by atoms with Gasteiger partial charge in [0, 0.05) is 59.1 Å². The maximum absolute atomic E-state index is 10.6. The maximum atomic E-state index is 10.6. The van der Waals surface area contributed by atoms with E-state index in [0.29, 0.717) is 6.07 Å². The zero-order valence-electron chi connectivity index (χ0n) is 8.71. The summed E-state index contributed by atoms with van der Waals surface area (Å²) in [5.41, 5.74) is -0.583. The minimum Gasteiger partial charge on any atom is -0.507 e. The molecule has 1 rings (SSSR count). The first-order valence-electron chi connectivity index (χ1n) is 3.36. The molecule has 2 radical (unpaired) electrons. The number of carboxylic acids is 1. The van der Waals surface area contributed by atoms with Crippen molar-refractivity contribution in [1.29, 1.82) is 0 Å². The minimum absolute atomic E-state index is 0. The molecule has 6 nitrogen and oxygen atoms in total. The predicted molar refractivity (Wildman–Crippen MR) is 56.4 cm³/mol. The second-order valence-electron chi connectivity index (χ2n) is 2.46. The van der Waals surface area contributed by atoms with E-state index in [1.165, 1.54) is 0 Å². The topological polar surface area (TPSA) is 112 Å². The van der Waals surface area contributed by atoms with Gasteiger partial charge in [-0.3, -0.25) is 4.55 Å². The Morgan fingerprint density at radius 3 is 2.06 bits per heavy atom. The van der Waals surface area contributed by atoms with Crippen LogP contribution in [0, 0.1) is 0 Å². The van der Waals surface area contributed by atoms with Crippen molar-refractivity contribution in [2.24, 2.45) is 0 Å². The van der Waals surface area contributed by atoms with Crippen LogP contribution in [0.4, 0.5) is 0 Å². The summed E-state index contributed by atoms with van der Waals surface area (Å²) >= 11 is 0. The van der Waals surface area contributed by atoms with Crippen LogP contribution in [0.25, 0.3) is 0 Å². The van der Waals surface area contributed by atoms with Gasteiger partial charge < -0.3 is 10.2 Å². The molecule has 0 saturated heterocycles. The summed E-state index contributed by atoms with van der Waals surface area (Å²) in [6.07, 6.45) is 0. The summed E-state index contributed by atoms with van der Waals surface area (Å²) in [5, 5.41) is 17.5. The van der Waals surface area contributed by atoms with Crippen LogP contribution in [0.5, 0.6) is 5.75 Å². The Kier molecular flexibility index (Phi) is 8.17. The number of phenols is 1. The Labute approximate surface area is 136 Å². The third kappa shape index (κ3) is 4.72. The number of aromatic carboxylic acids is 1. The van der Waals surface area contributed by atoms with Crippen LogP contribution in [0.3, 0.4) is 0 Å². The van der Waals surface area contributed by atoms with Gasteiger partial charge in [0.1, 0.15) is 11.3 Å². The van der Waals surface area contributed by atoms with Crippen molar-refractivity contribution < 1.29 is 28.0 Å². The smallest absolute Gasteiger partial charge is 0.339 e. The van der Waals surface area contributed by atoms with Gasteiger partial charge in [-0.1, -0.05) is 0 Å². The van der Waals surface area contributed by atoms with Crippen LogP contribution < -0.4 is 0 Å². The number of carboxylic acid groups (broad SMARTS) is 1. The molecule has 3 N–H and O–H groups in total. The first-order valence-corrected chi connectivity index (χ1v) is 4.80. The zero-order valence-corrected chi connectivity index (χ0v) is 13.5. The van der Waals surface area contributed by atoms with E-state index in [-0.39, 0.29) is 59.1 Å². The fraction of sp³-hybridized carbons (Fsp3) is 0. The molecule has 9 heteroatoms. The summed E-state index contributed by atoms with van der Waals surface area (Å²) in [4.78, 5) is 9.89. The van der Waals surface area contributed by atoms with Crippen LogP contribution in [0.15, 0.2) is 23.1 Å². The monoisotopic (exact) mass is 264 g/mol. The molecule has 0 amide bonds. The second kappa shape index (κ2) is 6.97. The summed E-state index contributed by atoms with van der Waals surface area (Å²) in [5.74, 6) is -2.04. The second-order valence-corrected chi connectivity index (χ2v) is 3.88. The van der Waals surface area contributed by atoms with Gasteiger partial charge in [-0.25, -0.2) is 4.79 Å². The van der Waals surface area contributed by atoms with Crippen molar-refractivity contribution in [2.75, 3.05) is 0 Å². The standard InChI is InChI=1S/C7H6O6S.2Na/c8-6-2-1-4(14(11,12)13)3-5(6)7(9)10;;/h1-3,8H,(H,9,10)(H,11,12,13);;. The first kappa shape index (κ1) is 18.8. The van der Waals surface area contributed by atoms with Crippen molar-refractivity contribution in [1.82, 2.24) is 0 Å². The molecule has 0 atom stereocenters. The predicted octanol–water partition coefficient (Wildman–Crippen LogP) is -0.424. The number of hydrogen-bond donors (Lipinski definition) is 3. The zero-order chi connectivity index (χ0) is 10.9. The summed E-state index contributed by atoms with van der Waals surface area (Å²) in [6.45, 7) is 0. The van der Waals surface area contributed by atoms with E-state index < -0.39 is 32.3 Å².